The third-order valence-corrected chi connectivity index (χ3v) is 2.95. The van der Waals surface area contributed by atoms with Gasteiger partial charge in [0, 0.05) is 5.56 Å². The first-order valence-electron chi connectivity index (χ1n) is 7.03. The van der Waals surface area contributed by atoms with Gasteiger partial charge in [-0.3, -0.25) is 4.99 Å². The molecule has 0 unspecified atom stereocenters. The molecule has 0 aliphatic heterocycles. The highest BCUT2D eigenvalue weighted by atomic mass is 16.5. The first-order chi connectivity index (χ1) is 10.3. The zero-order valence-electron chi connectivity index (χ0n) is 12.2. The van der Waals surface area contributed by atoms with E-state index < -0.39 is 0 Å². The molecule has 0 saturated heterocycles. The standard InChI is InChI=1S/C18H20N2O/c1-2-21-17-11-7-6-10-16(17)14-20-18(19)13-12-15-8-4-3-5-9-15/h3-13H,2,14H2,1H3,(H2,19,20)/b13-12+. The van der Waals surface area contributed by atoms with Crippen LogP contribution in [-0.4, -0.2) is 12.4 Å². The zero-order valence-corrected chi connectivity index (χ0v) is 12.2. The average molecular weight is 280 g/mol. The van der Waals surface area contributed by atoms with Gasteiger partial charge < -0.3 is 10.5 Å². The first kappa shape index (κ1) is 14.9. The first-order valence-corrected chi connectivity index (χ1v) is 7.03. The quantitative estimate of drug-likeness (QED) is 0.648. The molecule has 108 valence electrons. The molecule has 0 aliphatic carbocycles. The molecule has 3 nitrogen and oxygen atoms in total. The number of amidine groups is 1. The Balaban J connectivity index is 2.02. The van der Waals surface area contributed by atoms with Gasteiger partial charge in [-0.1, -0.05) is 54.6 Å². The van der Waals surface area contributed by atoms with Crippen LogP contribution in [0.2, 0.25) is 0 Å². The fraction of sp³-hybridized carbons (Fsp3) is 0.167. The van der Waals surface area contributed by atoms with E-state index in [-0.39, 0.29) is 0 Å². The normalized spacial score (nSPS) is 11.8. The summed E-state index contributed by atoms with van der Waals surface area (Å²) in [7, 11) is 0. The largest absolute Gasteiger partial charge is 0.494 e. The van der Waals surface area contributed by atoms with Gasteiger partial charge in [0.15, 0.2) is 0 Å². The van der Waals surface area contributed by atoms with E-state index in [0.29, 0.717) is 19.0 Å². The van der Waals surface area contributed by atoms with Gasteiger partial charge in [-0.15, -0.1) is 0 Å². The van der Waals surface area contributed by atoms with Crippen LogP contribution >= 0.6 is 0 Å². The Hall–Kier alpha value is -2.55. The maximum absolute atomic E-state index is 5.92. The molecule has 2 aromatic rings. The minimum Gasteiger partial charge on any atom is -0.494 e. The molecule has 0 atom stereocenters. The van der Waals surface area contributed by atoms with Crippen LogP contribution in [0, 0.1) is 0 Å². The van der Waals surface area contributed by atoms with Crippen molar-refractivity contribution in [2.75, 3.05) is 6.61 Å². The molecular formula is C18H20N2O. The maximum atomic E-state index is 5.92. The van der Waals surface area contributed by atoms with E-state index in [4.69, 9.17) is 10.5 Å². The van der Waals surface area contributed by atoms with Crippen molar-refractivity contribution in [3.63, 3.8) is 0 Å². The number of para-hydroxylation sites is 1. The second-order valence-electron chi connectivity index (χ2n) is 4.53. The van der Waals surface area contributed by atoms with Crippen LogP contribution in [0.4, 0.5) is 0 Å². The van der Waals surface area contributed by atoms with Crippen molar-refractivity contribution in [1.29, 1.82) is 0 Å². The summed E-state index contributed by atoms with van der Waals surface area (Å²) in [5.41, 5.74) is 8.06. The molecule has 0 spiro atoms. The van der Waals surface area contributed by atoms with Crippen LogP contribution in [-0.2, 0) is 6.54 Å². The summed E-state index contributed by atoms with van der Waals surface area (Å²) in [4.78, 5) is 4.38. The van der Waals surface area contributed by atoms with E-state index in [2.05, 4.69) is 4.99 Å². The van der Waals surface area contributed by atoms with Gasteiger partial charge in [0.25, 0.3) is 0 Å². The van der Waals surface area contributed by atoms with Gasteiger partial charge in [-0.05, 0) is 24.6 Å². The number of rotatable bonds is 6. The van der Waals surface area contributed by atoms with Gasteiger partial charge in [0.2, 0.25) is 0 Å². The highest BCUT2D eigenvalue weighted by molar-refractivity contribution is 5.95. The predicted molar refractivity (Wildman–Crippen MR) is 88.4 cm³/mol. The lowest BCUT2D eigenvalue weighted by molar-refractivity contribution is 0.336. The molecule has 0 aliphatic rings. The molecule has 0 radical (unpaired) electrons. The minimum absolute atomic E-state index is 0.505. The molecule has 0 saturated carbocycles. The molecule has 0 fully saturated rings. The minimum atomic E-state index is 0.505. The lowest BCUT2D eigenvalue weighted by Crippen LogP contribution is -2.08. The number of ether oxygens (including phenoxy) is 1. The molecule has 21 heavy (non-hydrogen) atoms. The summed E-state index contributed by atoms with van der Waals surface area (Å²) >= 11 is 0. The molecule has 0 aromatic heterocycles. The van der Waals surface area contributed by atoms with E-state index in [1.165, 1.54) is 0 Å². The molecule has 2 aromatic carbocycles. The molecule has 0 heterocycles. The fourth-order valence-corrected chi connectivity index (χ4v) is 1.91. The molecular weight excluding hydrogens is 260 g/mol. The second-order valence-corrected chi connectivity index (χ2v) is 4.53. The number of nitrogens with zero attached hydrogens (tertiary/aromatic N) is 1. The highest BCUT2D eigenvalue weighted by Crippen LogP contribution is 2.18. The summed E-state index contributed by atoms with van der Waals surface area (Å²) in [6.07, 6.45) is 3.77. The third kappa shape index (κ3) is 4.80. The molecule has 2 rings (SSSR count). The van der Waals surface area contributed by atoms with E-state index >= 15 is 0 Å². The predicted octanol–water partition coefficient (Wildman–Crippen LogP) is 3.66. The van der Waals surface area contributed by atoms with E-state index in [0.717, 1.165) is 16.9 Å². The van der Waals surface area contributed by atoms with Gasteiger partial charge in [0.1, 0.15) is 11.6 Å². The van der Waals surface area contributed by atoms with Crippen LogP contribution in [0.5, 0.6) is 5.75 Å². The molecule has 0 bridgehead atoms. The van der Waals surface area contributed by atoms with E-state index in [9.17, 15) is 0 Å². The SMILES string of the molecule is CCOc1ccccc1CN=C(N)/C=C/c1ccccc1. The van der Waals surface area contributed by atoms with Crippen LogP contribution in [0.1, 0.15) is 18.1 Å². The van der Waals surface area contributed by atoms with Crippen LogP contribution in [0.15, 0.2) is 65.7 Å². The summed E-state index contributed by atoms with van der Waals surface area (Å²) in [5.74, 6) is 1.37. The number of hydrogen-bond donors (Lipinski definition) is 1. The average Bonchev–Trinajstić information content (AvgIpc) is 2.53. The number of hydrogen-bond acceptors (Lipinski definition) is 2. The topological polar surface area (TPSA) is 47.6 Å². The van der Waals surface area contributed by atoms with Gasteiger partial charge >= 0.3 is 0 Å². The Kier molecular flexibility index (Phi) is 5.59. The number of benzene rings is 2. The molecule has 0 amide bonds. The Bertz CT molecular complexity index is 618. The monoisotopic (exact) mass is 280 g/mol. The lowest BCUT2D eigenvalue weighted by atomic mass is 10.2. The Morgan fingerprint density at radius 1 is 1.10 bits per heavy atom. The number of nitrogens with two attached hydrogens (primary N) is 1. The Labute approximate surface area is 125 Å². The van der Waals surface area contributed by atoms with Crippen molar-refractivity contribution in [2.45, 2.75) is 13.5 Å². The van der Waals surface area contributed by atoms with Gasteiger partial charge in [-0.2, -0.15) is 0 Å². The van der Waals surface area contributed by atoms with Crippen molar-refractivity contribution in [1.82, 2.24) is 0 Å². The fourth-order valence-electron chi connectivity index (χ4n) is 1.91. The van der Waals surface area contributed by atoms with Crippen LogP contribution < -0.4 is 10.5 Å². The molecule has 2 N–H and O–H groups in total. The van der Waals surface area contributed by atoms with E-state index in [1.807, 2.05) is 73.7 Å². The van der Waals surface area contributed by atoms with Crippen LogP contribution in [0.25, 0.3) is 6.08 Å². The summed E-state index contributed by atoms with van der Waals surface area (Å²) in [6, 6.07) is 17.9. The van der Waals surface area contributed by atoms with Crippen molar-refractivity contribution in [3.05, 3.63) is 71.8 Å². The van der Waals surface area contributed by atoms with Crippen molar-refractivity contribution in [3.8, 4) is 5.75 Å². The van der Waals surface area contributed by atoms with Gasteiger partial charge in [0.05, 0.1) is 13.2 Å². The van der Waals surface area contributed by atoms with Gasteiger partial charge in [-0.25, -0.2) is 0 Å². The lowest BCUT2D eigenvalue weighted by Gasteiger charge is -2.07. The van der Waals surface area contributed by atoms with E-state index in [1.54, 1.807) is 0 Å². The summed E-state index contributed by atoms with van der Waals surface area (Å²) in [6.45, 7) is 3.13. The smallest absolute Gasteiger partial charge is 0.124 e. The third-order valence-electron chi connectivity index (χ3n) is 2.95. The maximum Gasteiger partial charge on any atom is 0.124 e. The zero-order chi connectivity index (χ0) is 14.9. The van der Waals surface area contributed by atoms with Crippen molar-refractivity contribution in [2.24, 2.45) is 10.7 Å². The Morgan fingerprint density at radius 2 is 1.81 bits per heavy atom. The van der Waals surface area contributed by atoms with Crippen molar-refractivity contribution >= 4 is 11.9 Å². The second kappa shape index (κ2) is 7.90. The highest BCUT2D eigenvalue weighted by Gasteiger charge is 2.00. The van der Waals surface area contributed by atoms with Crippen molar-refractivity contribution < 1.29 is 4.74 Å². The number of aliphatic imine (C=N–C) groups is 1. The molecule has 3 heteroatoms. The summed E-state index contributed by atoms with van der Waals surface area (Å²) in [5, 5.41) is 0. The Morgan fingerprint density at radius 3 is 2.57 bits per heavy atom. The summed E-state index contributed by atoms with van der Waals surface area (Å²) < 4.78 is 5.57. The van der Waals surface area contributed by atoms with Crippen LogP contribution in [0.3, 0.4) is 0 Å².